The van der Waals surface area contributed by atoms with Crippen LogP contribution in [0.15, 0.2) is 6.07 Å². The molecule has 0 saturated carbocycles. The van der Waals surface area contributed by atoms with Gasteiger partial charge in [-0.3, -0.25) is 10.3 Å². The number of carbonyl (C=O) groups is 2. The van der Waals surface area contributed by atoms with Gasteiger partial charge in [0.1, 0.15) is 16.8 Å². The molecular formula is C17H26N2O4. The van der Waals surface area contributed by atoms with E-state index in [2.05, 4.69) is 10.3 Å². The van der Waals surface area contributed by atoms with E-state index in [9.17, 15) is 9.59 Å². The third-order valence-corrected chi connectivity index (χ3v) is 2.57. The zero-order chi connectivity index (χ0) is 18.0. The maximum absolute atomic E-state index is 12.4. The predicted molar refractivity (Wildman–Crippen MR) is 88.7 cm³/mol. The Morgan fingerprint density at radius 1 is 1.00 bits per heavy atom. The quantitative estimate of drug-likeness (QED) is 0.833. The maximum atomic E-state index is 12.4. The zero-order valence-corrected chi connectivity index (χ0v) is 15.2. The van der Waals surface area contributed by atoms with Gasteiger partial charge in [-0.15, -0.1) is 0 Å². The Balaban J connectivity index is 3.16. The van der Waals surface area contributed by atoms with E-state index in [-0.39, 0.29) is 5.56 Å². The van der Waals surface area contributed by atoms with Crippen molar-refractivity contribution in [2.75, 3.05) is 5.32 Å². The molecule has 6 nitrogen and oxygen atoms in total. The van der Waals surface area contributed by atoms with Gasteiger partial charge in [0.15, 0.2) is 0 Å². The predicted octanol–water partition coefficient (Wildman–Crippen LogP) is 4.00. The van der Waals surface area contributed by atoms with Crippen LogP contribution in [0.1, 0.15) is 63.3 Å². The number of carbonyl (C=O) groups excluding carboxylic acids is 2. The van der Waals surface area contributed by atoms with E-state index in [4.69, 9.17) is 9.47 Å². The fourth-order valence-corrected chi connectivity index (χ4v) is 1.93. The van der Waals surface area contributed by atoms with E-state index in [0.717, 1.165) is 0 Å². The number of ether oxygens (including phenoxy) is 2. The molecule has 0 aromatic carbocycles. The fraction of sp³-hybridized carbons (Fsp3) is 0.588. The first-order valence-corrected chi connectivity index (χ1v) is 7.50. The van der Waals surface area contributed by atoms with Crippen LogP contribution in [0.5, 0.6) is 0 Å². The Morgan fingerprint density at radius 3 is 2.00 bits per heavy atom. The lowest BCUT2D eigenvalue weighted by Crippen LogP contribution is -2.29. The van der Waals surface area contributed by atoms with Crippen LogP contribution in [0.3, 0.4) is 0 Å². The number of rotatable bonds is 2. The molecule has 0 atom stereocenters. The molecular weight excluding hydrogens is 296 g/mol. The van der Waals surface area contributed by atoms with E-state index >= 15 is 0 Å². The van der Waals surface area contributed by atoms with E-state index in [1.165, 1.54) is 0 Å². The minimum Gasteiger partial charge on any atom is -0.456 e. The van der Waals surface area contributed by atoms with E-state index in [1.807, 2.05) is 0 Å². The molecule has 0 spiro atoms. The minimum absolute atomic E-state index is 0.233. The number of hydrogen-bond acceptors (Lipinski definition) is 5. The van der Waals surface area contributed by atoms with Crippen molar-refractivity contribution in [2.45, 2.75) is 66.6 Å². The molecule has 1 aromatic heterocycles. The van der Waals surface area contributed by atoms with Crippen LogP contribution in [0, 0.1) is 13.8 Å². The van der Waals surface area contributed by atoms with Crippen LogP contribution in [0.25, 0.3) is 0 Å². The Kier molecular flexibility index (Phi) is 5.40. The smallest absolute Gasteiger partial charge is 0.412 e. The number of nitrogens with zero attached hydrogens (tertiary/aromatic N) is 1. The molecule has 0 unspecified atom stereocenters. The van der Waals surface area contributed by atoms with Crippen molar-refractivity contribution in [3.63, 3.8) is 0 Å². The molecule has 0 fully saturated rings. The fourth-order valence-electron chi connectivity index (χ4n) is 1.93. The number of anilines is 1. The number of hydrogen-bond donors (Lipinski definition) is 1. The summed E-state index contributed by atoms with van der Waals surface area (Å²) < 4.78 is 10.6. The number of esters is 1. The maximum Gasteiger partial charge on any atom is 0.412 e. The van der Waals surface area contributed by atoms with Crippen molar-refractivity contribution < 1.29 is 19.1 Å². The van der Waals surface area contributed by atoms with Crippen LogP contribution < -0.4 is 5.32 Å². The molecule has 0 aliphatic heterocycles. The molecule has 1 N–H and O–H groups in total. The van der Waals surface area contributed by atoms with Crippen LogP contribution in [-0.4, -0.2) is 28.2 Å². The molecule has 6 heteroatoms. The molecule has 0 radical (unpaired) electrons. The topological polar surface area (TPSA) is 77.5 Å². The summed E-state index contributed by atoms with van der Waals surface area (Å²) in [5, 5.41) is 2.61. The van der Waals surface area contributed by atoms with Crippen molar-refractivity contribution >= 4 is 17.7 Å². The van der Waals surface area contributed by atoms with Crippen LogP contribution in [0.2, 0.25) is 0 Å². The molecule has 1 rings (SSSR count). The first-order valence-electron chi connectivity index (χ1n) is 7.50. The molecule has 0 aliphatic carbocycles. The number of aromatic nitrogens is 1. The molecule has 23 heavy (non-hydrogen) atoms. The van der Waals surface area contributed by atoms with Gasteiger partial charge in [0.05, 0.1) is 11.4 Å². The van der Waals surface area contributed by atoms with E-state index in [1.54, 1.807) is 61.5 Å². The number of nitrogens with one attached hydrogen (secondary N) is 1. The number of amides is 1. The van der Waals surface area contributed by atoms with Crippen LogP contribution in [0.4, 0.5) is 10.5 Å². The zero-order valence-electron chi connectivity index (χ0n) is 15.2. The monoisotopic (exact) mass is 322 g/mol. The summed E-state index contributed by atoms with van der Waals surface area (Å²) in [5.41, 5.74) is 0.464. The summed E-state index contributed by atoms with van der Waals surface area (Å²) >= 11 is 0. The lowest BCUT2D eigenvalue weighted by Gasteiger charge is -2.23. The van der Waals surface area contributed by atoms with Crippen molar-refractivity contribution in [1.29, 1.82) is 0 Å². The Bertz CT molecular complexity index is 610. The lowest BCUT2D eigenvalue weighted by atomic mass is 10.1. The molecule has 0 aliphatic rings. The van der Waals surface area contributed by atoms with Gasteiger partial charge < -0.3 is 9.47 Å². The third kappa shape index (κ3) is 6.26. The van der Waals surface area contributed by atoms with Gasteiger partial charge in [-0.2, -0.15) is 0 Å². The second-order valence-corrected chi connectivity index (χ2v) is 7.40. The second-order valence-electron chi connectivity index (χ2n) is 7.40. The molecule has 128 valence electrons. The Morgan fingerprint density at radius 2 is 1.52 bits per heavy atom. The van der Waals surface area contributed by atoms with Gasteiger partial charge in [-0.05, 0) is 61.5 Å². The Labute approximate surface area is 137 Å². The normalized spacial score (nSPS) is 11.8. The van der Waals surface area contributed by atoms with Crippen molar-refractivity contribution in [3.05, 3.63) is 23.0 Å². The van der Waals surface area contributed by atoms with Gasteiger partial charge in [0.2, 0.25) is 0 Å². The average Bonchev–Trinajstić information content (AvgIpc) is 2.21. The van der Waals surface area contributed by atoms with Crippen molar-refractivity contribution in [1.82, 2.24) is 4.98 Å². The highest BCUT2D eigenvalue weighted by atomic mass is 16.6. The number of aryl methyl sites for hydroxylation is 2. The SMILES string of the molecule is Cc1cc(NC(=O)OC(C)(C)C)c(C(=O)OC(C)(C)C)c(C)n1. The highest BCUT2D eigenvalue weighted by Gasteiger charge is 2.25. The second kappa shape index (κ2) is 6.56. The standard InChI is InChI=1S/C17H26N2O4/c1-10-9-12(19-15(21)23-17(6,7)8)13(11(2)18-10)14(20)22-16(3,4)5/h9H,1-8H3,(H,18,19,21). The minimum atomic E-state index is -0.641. The number of pyridine rings is 1. The van der Waals surface area contributed by atoms with Crippen LogP contribution >= 0.6 is 0 Å². The average molecular weight is 322 g/mol. The molecule has 1 aromatic rings. The highest BCUT2D eigenvalue weighted by Crippen LogP contribution is 2.24. The molecule has 1 heterocycles. The van der Waals surface area contributed by atoms with Crippen molar-refractivity contribution in [3.8, 4) is 0 Å². The molecule has 1 amide bonds. The summed E-state index contributed by atoms with van der Waals surface area (Å²) in [4.78, 5) is 28.7. The first kappa shape index (κ1) is 18.9. The van der Waals surface area contributed by atoms with Gasteiger partial charge in [0.25, 0.3) is 0 Å². The summed E-state index contributed by atoms with van der Waals surface area (Å²) in [6.07, 6.45) is -0.632. The van der Waals surface area contributed by atoms with Crippen LogP contribution in [-0.2, 0) is 9.47 Å². The summed E-state index contributed by atoms with van der Waals surface area (Å²) in [7, 11) is 0. The molecule has 0 saturated heterocycles. The summed E-state index contributed by atoms with van der Waals surface area (Å²) in [6, 6.07) is 1.62. The van der Waals surface area contributed by atoms with E-state index < -0.39 is 23.3 Å². The highest BCUT2D eigenvalue weighted by molar-refractivity contribution is 6.00. The molecule has 0 bridgehead atoms. The Hall–Kier alpha value is -2.11. The van der Waals surface area contributed by atoms with Crippen molar-refractivity contribution in [2.24, 2.45) is 0 Å². The van der Waals surface area contributed by atoms with Gasteiger partial charge in [-0.1, -0.05) is 0 Å². The third-order valence-electron chi connectivity index (χ3n) is 2.57. The van der Waals surface area contributed by atoms with Gasteiger partial charge in [-0.25, -0.2) is 9.59 Å². The largest absolute Gasteiger partial charge is 0.456 e. The lowest BCUT2D eigenvalue weighted by molar-refractivity contribution is 0.00695. The van der Waals surface area contributed by atoms with Gasteiger partial charge >= 0.3 is 12.1 Å². The summed E-state index contributed by atoms with van der Waals surface area (Å²) in [6.45, 7) is 14.1. The van der Waals surface area contributed by atoms with Gasteiger partial charge in [0, 0.05) is 5.69 Å². The van der Waals surface area contributed by atoms with E-state index in [0.29, 0.717) is 17.1 Å². The summed E-state index contributed by atoms with van der Waals surface area (Å²) in [5.74, 6) is -0.534. The first-order chi connectivity index (χ1) is 10.3.